The van der Waals surface area contributed by atoms with Crippen molar-refractivity contribution in [1.82, 2.24) is 5.32 Å². The third-order valence-electron chi connectivity index (χ3n) is 4.25. The molecule has 1 atom stereocenters. The Morgan fingerprint density at radius 3 is 2.24 bits per heavy atom. The van der Waals surface area contributed by atoms with E-state index in [9.17, 15) is 14.7 Å². The number of ether oxygens (including phenoxy) is 1. The third kappa shape index (κ3) is 4.33. The predicted molar refractivity (Wildman–Crippen MR) is 79.8 cm³/mol. The van der Waals surface area contributed by atoms with Crippen LogP contribution in [-0.2, 0) is 9.53 Å². The van der Waals surface area contributed by atoms with E-state index in [-0.39, 0.29) is 10.6 Å². The summed E-state index contributed by atoms with van der Waals surface area (Å²) in [7, 11) is 5.31. The fourth-order valence-corrected chi connectivity index (χ4v) is 2.91. The van der Waals surface area contributed by atoms with Crippen LogP contribution in [0.5, 0.6) is 0 Å². The van der Waals surface area contributed by atoms with Crippen LogP contribution in [0.3, 0.4) is 0 Å². The number of hydrogen-bond acceptors (Lipinski definition) is 3. The maximum Gasteiger partial charge on any atom is 0.412 e. The second-order valence-corrected chi connectivity index (χ2v) is 6.72. The van der Waals surface area contributed by atoms with Gasteiger partial charge < -0.3 is 9.84 Å². The van der Waals surface area contributed by atoms with E-state index >= 15 is 0 Å². The van der Waals surface area contributed by atoms with Crippen molar-refractivity contribution >= 4 is 12.1 Å². The number of hydrogen-bond donors (Lipinski definition) is 2. The third-order valence-corrected chi connectivity index (χ3v) is 4.25. The lowest BCUT2D eigenvalue weighted by molar-refractivity contribution is -0.917. The molecule has 0 aromatic heterocycles. The Morgan fingerprint density at radius 2 is 1.81 bits per heavy atom. The number of nitrogens with zero attached hydrogens (tertiary/aromatic N) is 1. The van der Waals surface area contributed by atoms with Crippen LogP contribution in [0.25, 0.3) is 0 Å². The first kappa shape index (κ1) is 17.8. The molecule has 1 rings (SSSR count). The molecule has 1 aliphatic rings. The fraction of sp³-hybridized carbons (Fsp3) is 0.867. The van der Waals surface area contributed by atoms with E-state index in [1.807, 2.05) is 6.92 Å². The second kappa shape index (κ2) is 7.11. The van der Waals surface area contributed by atoms with Gasteiger partial charge in [-0.05, 0) is 32.1 Å². The normalized spacial score (nSPS) is 19.6. The zero-order valence-corrected chi connectivity index (χ0v) is 13.6. The number of carbonyl (C=O) groups is 2. The highest BCUT2D eigenvalue weighted by Crippen LogP contribution is 2.24. The number of likely N-dealkylation sites (N-methyl/N-ethyl adjacent to an activating group) is 1. The quantitative estimate of drug-likeness (QED) is 0.583. The number of amides is 1. The van der Waals surface area contributed by atoms with E-state index in [1.165, 1.54) is 6.42 Å². The molecule has 0 aliphatic heterocycles. The van der Waals surface area contributed by atoms with Crippen molar-refractivity contribution in [2.24, 2.45) is 0 Å². The SMILES string of the molecule is CCCC(NC(=O)OC1CCCCC1)(C(=O)O)[N+](C)(C)C. The molecule has 6 heteroatoms. The van der Waals surface area contributed by atoms with Gasteiger partial charge in [0.2, 0.25) is 0 Å². The van der Waals surface area contributed by atoms with E-state index in [0.717, 1.165) is 25.7 Å². The van der Waals surface area contributed by atoms with Gasteiger partial charge in [0.05, 0.1) is 21.1 Å². The van der Waals surface area contributed by atoms with Gasteiger partial charge in [0, 0.05) is 6.42 Å². The van der Waals surface area contributed by atoms with Gasteiger partial charge in [0.25, 0.3) is 5.66 Å². The first-order valence-electron chi connectivity index (χ1n) is 7.76. The number of carboxylic acids is 1. The maximum atomic E-state index is 12.1. The highest BCUT2D eigenvalue weighted by Gasteiger charge is 2.52. The number of carboxylic acid groups (broad SMARTS) is 1. The summed E-state index contributed by atoms with van der Waals surface area (Å²) in [5, 5.41) is 12.3. The molecular weight excluding hydrogens is 272 g/mol. The monoisotopic (exact) mass is 301 g/mol. The second-order valence-electron chi connectivity index (χ2n) is 6.72. The number of nitrogens with one attached hydrogen (secondary N) is 1. The summed E-state index contributed by atoms with van der Waals surface area (Å²) in [6, 6.07) is 0. The molecule has 0 radical (unpaired) electrons. The Kier molecular flexibility index (Phi) is 6.01. The zero-order chi connectivity index (χ0) is 16.1. The van der Waals surface area contributed by atoms with Crippen molar-refractivity contribution in [3.63, 3.8) is 0 Å². The lowest BCUT2D eigenvalue weighted by Gasteiger charge is -2.42. The van der Waals surface area contributed by atoms with Crippen molar-refractivity contribution in [2.45, 2.75) is 63.6 Å². The highest BCUT2D eigenvalue weighted by molar-refractivity contribution is 5.82. The molecule has 21 heavy (non-hydrogen) atoms. The molecule has 0 saturated heterocycles. The molecule has 0 bridgehead atoms. The average Bonchev–Trinajstić information content (AvgIpc) is 2.37. The number of quaternary nitrogens is 1. The largest absolute Gasteiger partial charge is 0.475 e. The standard InChI is InChI=1S/C15H28N2O4/c1-5-11-15(13(18)19,17(2,3)4)16-14(20)21-12-9-7-6-8-10-12/h12H,5-11H2,1-4H3,(H-,16,18,19,20)/p+1. The number of aliphatic carboxylic acids is 1. The van der Waals surface area contributed by atoms with Crippen molar-refractivity contribution in [3.8, 4) is 0 Å². The minimum atomic E-state index is -1.36. The Morgan fingerprint density at radius 1 is 1.24 bits per heavy atom. The minimum Gasteiger partial charge on any atom is -0.475 e. The average molecular weight is 301 g/mol. The zero-order valence-electron chi connectivity index (χ0n) is 13.6. The lowest BCUT2D eigenvalue weighted by atomic mass is 9.98. The van der Waals surface area contributed by atoms with Crippen LogP contribution in [-0.4, -0.2) is 54.6 Å². The molecular formula is C15H29N2O4+. The lowest BCUT2D eigenvalue weighted by Crippen LogP contribution is -2.71. The molecule has 122 valence electrons. The Balaban J connectivity index is 2.79. The Labute approximate surface area is 127 Å². The van der Waals surface area contributed by atoms with Crippen LogP contribution >= 0.6 is 0 Å². The molecule has 1 amide bonds. The first-order valence-corrected chi connectivity index (χ1v) is 7.76. The van der Waals surface area contributed by atoms with Crippen molar-refractivity contribution in [1.29, 1.82) is 0 Å². The summed E-state index contributed by atoms with van der Waals surface area (Å²) in [4.78, 5) is 23.9. The van der Waals surface area contributed by atoms with Crippen LogP contribution in [0.1, 0.15) is 51.9 Å². The number of rotatable bonds is 6. The molecule has 1 saturated carbocycles. The molecule has 0 aromatic rings. The molecule has 0 heterocycles. The maximum absolute atomic E-state index is 12.1. The van der Waals surface area contributed by atoms with Crippen LogP contribution in [0.15, 0.2) is 0 Å². The van der Waals surface area contributed by atoms with Crippen molar-refractivity contribution < 1.29 is 23.9 Å². The molecule has 0 aromatic carbocycles. The Bertz CT molecular complexity index is 372. The van der Waals surface area contributed by atoms with E-state index in [4.69, 9.17) is 4.74 Å². The summed E-state index contributed by atoms with van der Waals surface area (Å²) in [6.07, 6.45) is 5.34. The number of alkyl carbamates (subject to hydrolysis) is 1. The number of carbonyl (C=O) groups excluding carboxylic acids is 1. The smallest absolute Gasteiger partial charge is 0.412 e. The van der Waals surface area contributed by atoms with Gasteiger partial charge >= 0.3 is 12.1 Å². The van der Waals surface area contributed by atoms with Gasteiger partial charge in [-0.25, -0.2) is 9.59 Å². The van der Waals surface area contributed by atoms with Crippen LogP contribution < -0.4 is 5.32 Å². The summed E-state index contributed by atoms with van der Waals surface area (Å²) in [5.74, 6) is -1.03. The van der Waals surface area contributed by atoms with E-state index in [2.05, 4.69) is 5.32 Å². The molecule has 6 nitrogen and oxygen atoms in total. The van der Waals surface area contributed by atoms with Gasteiger partial charge in [0.15, 0.2) is 0 Å². The topological polar surface area (TPSA) is 75.6 Å². The Hall–Kier alpha value is -1.30. The van der Waals surface area contributed by atoms with E-state index in [1.54, 1.807) is 21.1 Å². The predicted octanol–water partition coefficient (Wildman–Crippen LogP) is 2.33. The van der Waals surface area contributed by atoms with E-state index in [0.29, 0.717) is 12.8 Å². The highest BCUT2D eigenvalue weighted by atomic mass is 16.6. The van der Waals surface area contributed by atoms with Gasteiger partial charge in [0.1, 0.15) is 6.10 Å². The minimum absolute atomic E-state index is 0.0839. The van der Waals surface area contributed by atoms with Gasteiger partial charge in [-0.3, -0.25) is 9.80 Å². The molecule has 1 fully saturated rings. The summed E-state index contributed by atoms with van der Waals surface area (Å²) >= 11 is 0. The summed E-state index contributed by atoms with van der Waals surface area (Å²) in [6.45, 7) is 1.90. The molecule has 1 aliphatic carbocycles. The van der Waals surface area contributed by atoms with Crippen molar-refractivity contribution in [3.05, 3.63) is 0 Å². The van der Waals surface area contributed by atoms with Gasteiger partial charge in [-0.15, -0.1) is 0 Å². The van der Waals surface area contributed by atoms with Crippen molar-refractivity contribution in [2.75, 3.05) is 21.1 Å². The molecule has 2 N–H and O–H groups in total. The van der Waals surface area contributed by atoms with Crippen LogP contribution in [0, 0.1) is 0 Å². The van der Waals surface area contributed by atoms with Crippen LogP contribution in [0.4, 0.5) is 4.79 Å². The molecule has 1 unspecified atom stereocenters. The van der Waals surface area contributed by atoms with Gasteiger partial charge in [-0.1, -0.05) is 13.3 Å². The fourth-order valence-electron chi connectivity index (χ4n) is 2.91. The van der Waals surface area contributed by atoms with E-state index < -0.39 is 17.7 Å². The van der Waals surface area contributed by atoms with Crippen LogP contribution in [0.2, 0.25) is 0 Å². The first-order chi connectivity index (χ1) is 9.73. The summed E-state index contributed by atoms with van der Waals surface area (Å²) < 4.78 is 5.52. The van der Waals surface area contributed by atoms with Gasteiger partial charge in [-0.2, -0.15) is 0 Å². The molecule has 0 spiro atoms. The summed E-state index contributed by atoms with van der Waals surface area (Å²) in [5.41, 5.74) is -1.36.